The lowest BCUT2D eigenvalue weighted by Crippen LogP contribution is -2.24. The van der Waals surface area contributed by atoms with Gasteiger partial charge in [-0.05, 0) is 24.6 Å². The van der Waals surface area contributed by atoms with Crippen LogP contribution in [-0.4, -0.2) is 18.2 Å². The average Bonchev–Trinajstić information content (AvgIpc) is 2.75. The van der Waals surface area contributed by atoms with E-state index in [2.05, 4.69) is 9.82 Å². The summed E-state index contributed by atoms with van der Waals surface area (Å²) in [5.74, 6) is -0.113. The number of benzene rings is 1. The number of nitrogens with zero attached hydrogens (tertiary/aromatic N) is 3. The van der Waals surface area contributed by atoms with Crippen molar-refractivity contribution in [2.45, 2.75) is 19.2 Å². The van der Waals surface area contributed by atoms with Crippen LogP contribution in [0.1, 0.15) is 22.4 Å². The van der Waals surface area contributed by atoms with Gasteiger partial charge in [-0.15, -0.1) is 0 Å². The Morgan fingerprint density at radius 1 is 1.33 bits per heavy atom. The molecule has 0 atom stereocenters. The van der Waals surface area contributed by atoms with Gasteiger partial charge in [0.2, 0.25) is 10.0 Å². The lowest BCUT2D eigenvalue weighted by atomic mass is 10.2. The molecule has 0 aliphatic heterocycles. The van der Waals surface area contributed by atoms with Gasteiger partial charge in [-0.25, -0.2) is 13.1 Å². The third-order valence-electron chi connectivity index (χ3n) is 3.04. The van der Waals surface area contributed by atoms with E-state index in [1.165, 1.54) is 0 Å². The summed E-state index contributed by atoms with van der Waals surface area (Å²) < 4.78 is 28.3. The quantitative estimate of drug-likeness (QED) is 0.899. The Kier molecular flexibility index (Phi) is 4.40. The van der Waals surface area contributed by atoms with Crippen molar-refractivity contribution in [3.05, 3.63) is 52.8 Å². The molecule has 2 rings (SSSR count). The van der Waals surface area contributed by atoms with E-state index in [1.54, 1.807) is 42.2 Å². The first-order valence-corrected chi connectivity index (χ1v) is 8.00. The predicted octanol–water partition coefficient (Wildman–Crippen LogP) is 1.22. The van der Waals surface area contributed by atoms with E-state index >= 15 is 0 Å². The molecule has 7 heteroatoms. The first kappa shape index (κ1) is 15.2. The van der Waals surface area contributed by atoms with Crippen molar-refractivity contribution in [1.82, 2.24) is 14.5 Å². The van der Waals surface area contributed by atoms with Crippen LogP contribution in [0, 0.1) is 18.3 Å². The van der Waals surface area contributed by atoms with E-state index < -0.39 is 10.0 Å². The van der Waals surface area contributed by atoms with E-state index in [-0.39, 0.29) is 12.3 Å². The first-order valence-electron chi connectivity index (χ1n) is 6.35. The molecule has 21 heavy (non-hydrogen) atoms. The highest BCUT2D eigenvalue weighted by molar-refractivity contribution is 7.88. The van der Waals surface area contributed by atoms with Gasteiger partial charge in [0, 0.05) is 25.4 Å². The molecule has 0 saturated carbocycles. The molecule has 0 aliphatic rings. The van der Waals surface area contributed by atoms with Crippen LogP contribution in [0.3, 0.4) is 0 Å². The minimum absolute atomic E-state index is 0.113. The number of rotatable bonds is 5. The highest BCUT2D eigenvalue weighted by atomic mass is 32.2. The minimum Gasteiger partial charge on any atom is -0.275 e. The fraction of sp³-hybridized carbons (Fsp3) is 0.286. The van der Waals surface area contributed by atoms with Crippen molar-refractivity contribution < 1.29 is 8.42 Å². The Morgan fingerprint density at radius 3 is 2.52 bits per heavy atom. The molecule has 1 N–H and O–H groups in total. The largest absolute Gasteiger partial charge is 0.275 e. The summed E-state index contributed by atoms with van der Waals surface area (Å²) in [7, 11) is -1.64. The predicted molar refractivity (Wildman–Crippen MR) is 78.6 cm³/mol. The fourth-order valence-corrected chi connectivity index (χ4v) is 3.06. The maximum absolute atomic E-state index is 12.0. The normalized spacial score (nSPS) is 11.3. The van der Waals surface area contributed by atoms with Crippen LogP contribution in [0.25, 0.3) is 0 Å². The smallest absolute Gasteiger partial charge is 0.216 e. The summed E-state index contributed by atoms with van der Waals surface area (Å²) in [5.41, 5.74) is 2.80. The molecule has 0 bridgehead atoms. The fourth-order valence-electron chi connectivity index (χ4n) is 1.96. The number of nitrogens with one attached hydrogen (secondary N) is 1. The number of aromatic nitrogens is 2. The van der Waals surface area contributed by atoms with Gasteiger partial charge in [-0.3, -0.25) is 4.68 Å². The van der Waals surface area contributed by atoms with Crippen molar-refractivity contribution in [2.75, 3.05) is 0 Å². The summed E-state index contributed by atoms with van der Waals surface area (Å²) in [6, 6.07) is 8.50. The van der Waals surface area contributed by atoms with Gasteiger partial charge in [-0.2, -0.15) is 10.4 Å². The van der Waals surface area contributed by atoms with Gasteiger partial charge < -0.3 is 0 Å². The van der Waals surface area contributed by atoms with Gasteiger partial charge in [0.05, 0.1) is 23.1 Å². The van der Waals surface area contributed by atoms with E-state index in [0.717, 1.165) is 11.3 Å². The molecular weight excluding hydrogens is 288 g/mol. The zero-order chi connectivity index (χ0) is 15.5. The van der Waals surface area contributed by atoms with Crippen molar-refractivity contribution >= 4 is 10.0 Å². The zero-order valence-electron chi connectivity index (χ0n) is 11.9. The molecule has 2 aromatic rings. The van der Waals surface area contributed by atoms with Crippen LogP contribution in [0.4, 0.5) is 0 Å². The van der Waals surface area contributed by atoms with Crippen LogP contribution in [0.5, 0.6) is 0 Å². The van der Waals surface area contributed by atoms with Crippen molar-refractivity contribution in [1.29, 1.82) is 5.26 Å². The second kappa shape index (κ2) is 6.08. The average molecular weight is 304 g/mol. The molecule has 0 saturated heterocycles. The second-order valence-electron chi connectivity index (χ2n) is 4.80. The van der Waals surface area contributed by atoms with Gasteiger partial charge in [0.1, 0.15) is 0 Å². The highest BCUT2D eigenvalue weighted by Crippen LogP contribution is 2.09. The van der Waals surface area contributed by atoms with Crippen LogP contribution in [0.2, 0.25) is 0 Å². The van der Waals surface area contributed by atoms with Gasteiger partial charge in [0.15, 0.2) is 0 Å². The van der Waals surface area contributed by atoms with E-state index in [9.17, 15) is 8.42 Å². The standard InChI is InChI=1S/C14H16N4O2S/c1-11-14(9-18(2)17-11)8-16-21(19,20)10-13-5-3-12(7-15)4-6-13/h3-6,9,16H,8,10H2,1-2H3. The first-order chi connectivity index (χ1) is 9.89. The molecule has 1 aromatic heterocycles. The molecule has 0 fully saturated rings. The number of nitriles is 1. The maximum Gasteiger partial charge on any atom is 0.216 e. The van der Waals surface area contributed by atoms with Crippen LogP contribution in [0.15, 0.2) is 30.5 Å². The van der Waals surface area contributed by atoms with Crippen molar-refractivity contribution in [2.24, 2.45) is 7.05 Å². The zero-order valence-corrected chi connectivity index (χ0v) is 12.7. The van der Waals surface area contributed by atoms with E-state index in [1.807, 2.05) is 13.0 Å². The lowest BCUT2D eigenvalue weighted by molar-refractivity contribution is 0.580. The molecule has 0 spiro atoms. The topological polar surface area (TPSA) is 87.8 Å². The Morgan fingerprint density at radius 2 is 2.00 bits per heavy atom. The molecule has 6 nitrogen and oxygen atoms in total. The maximum atomic E-state index is 12.0. The van der Waals surface area contributed by atoms with Gasteiger partial charge in [0.25, 0.3) is 0 Å². The van der Waals surface area contributed by atoms with Gasteiger partial charge >= 0.3 is 0 Å². The molecule has 0 amide bonds. The Bertz CT molecular complexity index is 770. The molecule has 1 aromatic carbocycles. The van der Waals surface area contributed by atoms with E-state index in [0.29, 0.717) is 11.1 Å². The summed E-state index contributed by atoms with van der Waals surface area (Å²) in [6.07, 6.45) is 1.79. The Balaban J connectivity index is 2.01. The van der Waals surface area contributed by atoms with Crippen LogP contribution >= 0.6 is 0 Å². The Hall–Kier alpha value is -2.17. The molecule has 0 unspecified atom stereocenters. The second-order valence-corrected chi connectivity index (χ2v) is 6.61. The highest BCUT2D eigenvalue weighted by Gasteiger charge is 2.13. The molecule has 1 heterocycles. The third kappa shape index (κ3) is 4.15. The van der Waals surface area contributed by atoms with Gasteiger partial charge in [-0.1, -0.05) is 12.1 Å². The number of hydrogen-bond acceptors (Lipinski definition) is 4. The van der Waals surface area contributed by atoms with Crippen molar-refractivity contribution in [3.63, 3.8) is 0 Å². The van der Waals surface area contributed by atoms with Crippen LogP contribution in [-0.2, 0) is 29.4 Å². The number of hydrogen-bond donors (Lipinski definition) is 1. The minimum atomic E-state index is -3.43. The summed E-state index contributed by atoms with van der Waals surface area (Å²) in [6.45, 7) is 2.06. The number of sulfonamides is 1. The molecular formula is C14H16N4O2S. The summed E-state index contributed by atoms with van der Waals surface area (Å²) >= 11 is 0. The van der Waals surface area contributed by atoms with E-state index in [4.69, 9.17) is 5.26 Å². The summed E-state index contributed by atoms with van der Waals surface area (Å²) in [4.78, 5) is 0. The van der Waals surface area contributed by atoms with Crippen LogP contribution < -0.4 is 4.72 Å². The Labute approximate surface area is 124 Å². The monoisotopic (exact) mass is 304 g/mol. The molecule has 110 valence electrons. The molecule has 0 aliphatic carbocycles. The van der Waals surface area contributed by atoms with Crippen molar-refractivity contribution in [3.8, 4) is 6.07 Å². The lowest BCUT2D eigenvalue weighted by Gasteiger charge is -2.06. The molecule has 0 radical (unpaired) electrons. The summed E-state index contributed by atoms with van der Waals surface area (Å²) in [5, 5.41) is 12.9. The number of aryl methyl sites for hydroxylation is 2. The SMILES string of the molecule is Cc1nn(C)cc1CNS(=O)(=O)Cc1ccc(C#N)cc1. The third-order valence-corrected chi connectivity index (χ3v) is 4.33.